The second-order valence-electron chi connectivity index (χ2n) is 6.11. The van der Waals surface area contributed by atoms with E-state index in [4.69, 9.17) is 23.2 Å². The van der Waals surface area contributed by atoms with Crippen LogP contribution in [0.5, 0.6) is 0 Å². The molecule has 0 saturated heterocycles. The monoisotopic (exact) mass is 411 g/mol. The van der Waals surface area contributed by atoms with Gasteiger partial charge in [0.25, 0.3) is 0 Å². The third-order valence-electron chi connectivity index (χ3n) is 4.36. The summed E-state index contributed by atoms with van der Waals surface area (Å²) in [6.45, 7) is 1.79. The summed E-state index contributed by atoms with van der Waals surface area (Å²) in [6.07, 6.45) is 2.91. The lowest BCUT2D eigenvalue weighted by Gasteiger charge is -2.16. The van der Waals surface area contributed by atoms with Crippen LogP contribution in [-0.4, -0.2) is 12.5 Å². The quantitative estimate of drug-likeness (QED) is 0.691. The maximum Gasteiger partial charge on any atom is 0.238 e. The van der Waals surface area contributed by atoms with Gasteiger partial charge in [0.2, 0.25) is 5.91 Å². The van der Waals surface area contributed by atoms with E-state index in [1.54, 1.807) is 6.92 Å². The Labute approximate surface area is 164 Å². The van der Waals surface area contributed by atoms with Crippen molar-refractivity contribution in [3.8, 4) is 6.07 Å². The first-order valence-corrected chi connectivity index (χ1v) is 9.70. The van der Waals surface area contributed by atoms with Crippen LogP contribution < -0.4 is 10.6 Å². The van der Waals surface area contributed by atoms with Gasteiger partial charge in [-0.2, -0.15) is 5.26 Å². The number of carbonyl (C=O) groups is 1. The van der Waals surface area contributed by atoms with Crippen LogP contribution in [0.25, 0.3) is 0 Å². The second-order valence-corrected chi connectivity index (χ2v) is 8.03. The Morgan fingerprint density at radius 3 is 2.88 bits per heavy atom. The van der Waals surface area contributed by atoms with Crippen LogP contribution in [0.15, 0.2) is 12.1 Å². The van der Waals surface area contributed by atoms with Crippen LogP contribution in [0, 0.1) is 17.1 Å². The molecule has 1 amide bonds. The van der Waals surface area contributed by atoms with Crippen molar-refractivity contribution in [2.45, 2.75) is 32.2 Å². The number of halogens is 3. The lowest BCUT2D eigenvalue weighted by atomic mass is 10.1. The van der Waals surface area contributed by atoms with Gasteiger partial charge < -0.3 is 10.6 Å². The molecule has 1 aliphatic carbocycles. The molecule has 0 unspecified atom stereocenters. The predicted molar refractivity (Wildman–Crippen MR) is 103 cm³/mol. The number of thiophene rings is 1. The van der Waals surface area contributed by atoms with E-state index in [1.807, 2.05) is 0 Å². The molecule has 2 aromatic rings. The standard InChI is InChI=1S/C18H16Cl2FN3OS/c1-9(11-5-15(21)14(20)6-13(11)19)23-8-17(25)24-18-12(7-22)10-3-2-4-16(10)26-18/h5-6,9,23H,2-4,8H2,1H3,(H,24,25)/t9-/m0/s1. The molecule has 0 bridgehead atoms. The van der Waals surface area contributed by atoms with E-state index in [2.05, 4.69) is 16.7 Å². The molecule has 0 spiro atoms. The third-order valence-corrected chi connectivity index (χ3v) is 6.19. The largest absolute Gasteiger partial charge is 0.315 e. The Kier molecular flexibility index (Phi) is 5.83. The van der Waals surface area contributed by atoms with Gasteiger partial charge in [-0.05, 0) is 49.4 Å². The fourth-order valence-corrected chi connectivity index (χ4v) is 4.81. The molecule has 0 radical (unpaired) electrons. The van der Waals surface area contributed by atoms with Crippen molar-refractivity contribution in [1.82, 2.24) is 5.32 Å². The average Bonchev–Trinajstić information content (AvgIpc) is 3.16. The summed E-state index contributed by atoms with van der Waals surface area (Å²) < 4.78 is 13.6. The van der Waals surface area contributed by atoms with Gasteiger partial charge in [-0.25, -0.2) is 4.39 Å². The lowest BCUT2D eigenvalue weighted by molar-refractivity contribution is -0.115. The van der Waals surface area contributed by atoms with Crippen molar-refractivity contribution >= 4 is 45.4 Å². The summed E-state index contributed by atoms with van der Waals surface area (Å²) in [5.74, 6) is -0.824. The van der Waals surface area contributed by atoms with E-state index in [-0.39, 0.29) is 23.5 Å². The Bertz CT molecular complexity index is 907. The third kappa shape index (κ3) is 3.86. The summed E-state index contributed by atoms with van der Waals surface area (Å²) >= 11 is 13.3. The van der Waals surface area contributed by atoms with Crippen LogP contribution >= 0.6 is 34.5 Å². The molecule has 1 atom stereocenters. The normalized spacial score (nSPS) is 14.0. The van der Waals surface area contributed by atoms with E-state index in [0.717, 1.165) is 24.8 Å². The first-order valence-electron chi connectivity index (χ1n) is 8.13. The number of hydrogen-bond donors (Lipinski definition) is 2. The molecular formula is C18H16Cl2FN3OS. The minimum Gasteiger partial charge on any atom is -0.315 e. The second kappa shape index (κ2) is 7.93. The number of nitrogens with one attached hydrogen (secondary N) is 2. The van der Waals surface area contributed by atoms with Crippen molar-refractivity contribution in [1.29, 1.82) is 5.26 Å². The molecular weight excluding hydrogens is 396 g/mol. The zero-order valence-electron chi connectivity index (χ0n) is 14.0. The Balaban J connectivity index is 1.63. The van der Waals surface area contributed by atoms with Gasteiger partial charge in [0.1, 0.15) is 16.9 Å². The van der Waals surface area contributed by atoms with E-state index < -0.39 is 5.82 Å². The molecule has 3 rings (SSSR count). The highest BCUT2D eigenvalue weighted by atomic mass is 35.5. The average molecular weight is 412 g/mol. The number of rotatable bonds is 5. The first kappa shape index (κ1) is 19.1. The maximum atomic E-state index is 13.6. The highest BCUT2D eigenvalue weighted by Crippen LogP contribution is 2.38. The Morgan fingerprint density at radius 2 is 2.15 bits per heavy atom. The fourth-order valence-electron chi connectivity index (χ4n) is 3.01. The number of benzene rings is 1. The molecule has 4 nitrogen and oxygen atoms in total. The number of carbonyl (C=O) groups excluding carboxylic acids is 1. The van der Waals surface area contributed by atoms with Crippen molar-refractivity contribution in [2.24, 2.45) is 0 Å². The van der Waals surface area contributed by atoms with Crippen molar-refractivity contribution < 1.29 is 9.18 Å². The fraction of sp³-hybridized carbons (Fsp3) is 0.333. The molecule has 136 valence electrons. The molecule has 1 aromatic heterocycles. The number of nitriles is 1. The van der Waals surface area contributed by atoms with Gasteiger partial charge in [0.05, 0.1) is 17.1 Å². The number of nitrogens with zero attached hydrogens (tertiary/aromatic N) is 1. The number of fused-ring (bicyclic) bond motifs is 1. The van der Waals surface area contributed by atoms with Crippen molar-refractivity contribution in [3.63, 3.8) is 0 Å². The van der Waals surface area contributed by atoms with Crippen LogP contribution in [0.4, 0.5) is 9.39 Å². The Hall–Kier alpha value is -1.65. The minimum absolute atomic E-state index is 0.00910. The number of amides is 1. The summed E-state index contributed by atoms with van der Waals surface area (Å²) in [4.78, 5) is 13.4. The summed E-state index contributed by atoms with van der Waals surface area (Å²) in [6, 6.07) is 4.46. The molecule has 26 heavy (non-hydrogen) atoms. The van der Waals surface area contributed by atoms with Crippen LogP contribution in [0.2, 0.25) is 10.0 Å². The maximum absolute atomic E-state index is 13.6. The minimum atomic E-state index is -0.559. The lowest BCUT2D eigenvalue weighted by Crippen LogP contribution is -2.30. The van der Waals surface area contributed by atoms with Crippen molar-refractivity contribution in [3.05, 3.63) is 49.6 Å². The molecule has 1 heterocycles. The number of hydrogen-bond acceptors (Lipinski definition) is 4. The van der Waals surface area contributed by atoms with Crippen LogP contribution in [0.1, 0.15) is 41.0 Å². The van der Waals surface area contributed by atoms with E-state index in [0.29, 0.717) is 21.2 Å². The van der Waals surface area contributed by atoms with Crippen molar-refractivity contribution in [2.75, 3.05) is 11.9 Å². The molecule has 0 saturated carbocycles. The van der Waals surface area contributed by atoms with Crippen LogP contribution in [0.3, 0.4) is 0 Å². The summed E-state index contributed by atoms with van der Waals surface area (Å²) in [5.41, 5.74) is 2.17. The molecule has 0 fully saturated rings. The van der Waals surface area contributed by atoms with Gasteiger partial charge in [-0.3, -0.25) is 4.79 Å². The highest BCUT2D eigenvalue weighted by molar-refractivity contribution is 7.16. The molecule has 2 N–H and O–H groups in total. The van der Waals surface area contributed by atoms with Gasteiger partial charge in [0, 0.05) is 15.9 Å². The smallest absolute Gasteiger partial charge is 0.238 e. The van der Waals surface area contributed by atoms with Gasteiger partial charge in [-0.15, -0.1) is 11.3 Å². The molecule has 1 aliphatic rings. The topological polar surface area (TPSA) is 64.9 Å². The summed E-state index contributed by atoms with van der Waals surface area (Å²) in [5, 5.41) is 16.1. The summed E-state index contributed by atoms with van der Waals surface area (Å²) in [7, 11) is 0. The van der Waals surface area contributed by atoms with Crippen LogP contribution in [-0.2, 0) is 17.6 Å². The molecule has 1 aromatic carbocycles. The molecule has 8 heteroatoms. The van der Waals surface area contributed by atoms with E-state index in [9.17, 15) is 14.4 Å². The SMILES string of the molecule is C[C@H](NCC(=O)Nc1sc2c(c1C#N)CCC2)c1cc(F)c(Cl)cc1Cl. The van der Waals surface area contributed by atoms with Gasteiger partial charge in [0.15, 0.2) is 0 Å². The number of aryl methyl sites for hydroxylation is 1. The van der Waals surface area contributed by atoms with Gasteiger partial charge >= 0.3 is 0 Å². The zero-order valence-corrected chi connectivity index (χ0v) is 16.3. The number of anilines is 1. The molecule has 0 aliphatic heterocycles. The first-order chi connectivity index (χ1) is 12.4. The van der Waals surface area contributed by atoms with Gasteiger partial charge in [-0.1, -0.05) is 23.2 Å². The Morgan fingerprint density at radius 1 is 1.38 bits per heavy atom. The van der Waals surface area contributed by atoms with E-state index in [1.165, 1.54) is 28.3 Å². The zero-order chi connectivity index (χ0) is 18.8. The highest BCUT2D eigenvalue weighted by Gasteiger charge is 2.23. The van der Waals surface area contributed by atoms with E-state index >= 15 is 0 Å². The predicted octanol–water partition coefficient (Wildman–Crippen LogP) is 4.84.